The Kier molecular flexibility index (Phi) is 5.14. The minimum Gasteiger partial charge on any atom is -0.481 e. The zero-order valence-corrected chi connectivity index (χ0v) is 11.2. The number of aliphatic carboxylic acids is 1. The Morgan fingerprint density at radius 2 is 1.84 bits per heavy atom. The number of carboxylic acid groups (broad SMARTS) is 1. The van der Waals surface area contributed by atoms with Crippen LogP contribution < -0.4 is 0 Å². The lowest BCUT2D eigenvalue weighted by Gasteiger charge is -2.25. The Morgan fingerprint density at radius 1 is 1.16 bits per heavy atom. The predicted octanol–water partition coefficient (Wildman–Crippen LogP) is 2.57. The Balaban J connectivity index is 1.73. The summed E-state index contributed by atoms with van der Waals surface area (Å²) in [4.78, 5) is 21.1. The van der Waals surface area contributed by atoms with Crippen LogP contribution in [-0.4, -0.2) is 29.6 Å². The quantitative estimate of drug-likeness (QED) is 0.416. The third-order valence-electron chi connectivity index (χ3n) is 4.30. The first kappa shape index (κ1) is 14.3. The highest BCUT2D eigenvalue weighted by Gasteiger charge is 2.47. The van der Waals surface area contributed by atoms with Gasteiger partial charge in [-0.1, -0.05) is 12.2 Å². The molecule has 1 N–H and O–H groups in total. The van der Waals surface area contributed by atoms with E-state index < -0.39 is 5.97 Å². The number of ether oxygens (including phenoxy) is 1. The fourth-order valence-corrected chi connectivity index (χ4v) is 3.38. The first-order chi connectivity index (χ1) is 9.22. The Hall–Kier alpha value is -1.16. The predicted molar refractivity (Wildman–Crippen MR) is 70.8 cm³/mol. The van der Waals surface area contributed by atoms with Crippen LogP contribution >= 0.6 is 0 Å². The Bertz CT molecular complexity index is 350. The lowest BCUT2D eigenvalue weighted by molar-refractivity contribution is -0.137. The standard InChI is InChI=1S/C15H22O4/c16-10-9-12-11(13-7-8-14(12)19-13)5-3-1-2-4-6-15(17)18/h1,3,10-14H,2,4-9H2,(H,17,18)/t11-,12+,13-,14+/m1/s1. The SMILES string of the molecule is O=CC[C@H]1[C@@H](CC=CCCCC(=O)O)[C@H]2CC[C@@H]1O2. The summed E-state index contributed by atoms with van der Waals surface area (Å²) in [5, 5.41) is 8.53. The van der Waals surface area contributed by atoms with E-state index in [0.29, 0.717) is 36.9 Å². The number of aldehydes is 1. The first-order valence-electron chi connectivity index (χ1n) is 7.18. The summed E-state index contributed by atoms with van der Waals surface area (Å²) in [6.07, 6.45) is 11.3. The van der Waals surface area contributed by atoms with E-state index >= 15 is 0 Å². The molecule has 0 saturated carbocycles. The van der Waals surface area contributed by atoms with Crippen LogP contribution in [0.4, 0.5) is 0 Å². The number of hydrogen-bond donors (Lipinski definition) is 1. The molecule has 0 spiro atoms. The van der Waals surface area contributed by atoms with Gasteiger partial charge in [-0.3, -0.25) is 4.79 Å². The molecule has 2 aliphatic rings. The number of fused-ring (bicyclic) bond motifs is 2. The van der Waals surface area contributed by atoms with Crippen LogP contribution in [0.1, 0.15) is 44.9 Å². The molecule has 106 valence electrons. The van der Waals surface area contributed by atoms with Crippen molar-refractivity contribution in [2.24, 2.45) is 11.8 Å². The van der Waals surface area contributed by atoms with Crippen molar-refractivity contribution in [1.29, 1.82) is 0 Å². The average molecular weight is 266 g/mol. The summed E-state index contributed by atoms with van der Waals surface area (Å²) in [6, 6.07) is 0. The summed E-state index contributed by atoms with van der Waals surface area (Å²) in [6.45, 7) is 0. The van der Waals surface area contributed by atoms with Crippen molar-refractivity contribution in [2.45, 2.75) is 57.2 Å². The molecular formula is C15H22O4. The lowest BCUT2D eigenvalue weighted by atomic mass is 9.76. The third kappa shape index (κ3) is 3.66. The second-order valence-corrected chi connectivity index (χ2v) is 5.51. The molecule has 4 nitrogen and oxygen atoms in total. The molecule has 0 radical (unpaired) electrons. The van der Waals surface area contributed by atoms with E-state index in [-0.39, 0.29) is 6.42 Å². The van der Waals surface area contributed by atoms with Crippen LogP contribution in [0.15, 0.2) is 12.2 Å². The lowest BCUT2D eigenvalue weighted by Crippen LogP contribution is -2.27. The van der Waals surface area contributed by atoms with Crippen LogP contribution in [0.25, 0.3) is 0 Å². The summed E-state index contributed by atoms with van der Waals surface area (Å²) in [5.74, 6) is 0.126. The van der Waals surface area contributed by atoms with Crippen LogP contribution in [0.5, 0.6) is 0 Å². The molecule has 4 atom stereocenters. The molecule has 19 heavy (non-hydrogen) atoms. The van der Waals surface area contributed by atoms with Gasteiger partial charge >= 0.3 is 5.97 Å². The minimum absolute atomic E-state index is 0.231. The highest BCUT2D eigenvalue weighted by molar-refractivity contribution is 5.66. The molecule has 2 fully saturated rings. The number of unbranched alkanes of at least 4 members (excludes halogenated alkanes) is 1. The van der Waals surface area contributed by atoms with E-state index in [4.69, 9.17) is 9.84 Å². The van der Waals surface area contributed by atoms with E-state index in [1.807, 2.05) is 0 Å². The van der Waals surface area contributed by atoms with E-state index in [2.05, 4.69) is 12.2 Å². The molecular weight excluding hydrogens is 244 g/mol. The minimum atomic E-state index is -0.735. The van der Waals surface area contributed by atoms with Crippen LogP contribution in [-0.2, 0) is 14.3 Å². The number of allylic oxidation sites excluding steroid dienone is 2. The highest BCUT2D eigenvalue weighted by Crippen LogP contribution is 2.46. The molecule has 0 aromatic rings. The van der Waals surface area contributed by atoms with Gasteiger partial charge < -0.3 is 14.6 Å². The zero-order chi connectivity index (χ0) is 13.7. The smallest absolute Gasteiger partial charge is 0.303 e. The summed E-state index contributed by atoms with van der Waals surface area (Å²) in [7, 11) is 0. The fourth-order valence-electron chi connectivity index (χ4n) is 3.38. The number of carbonyl (C=O) groups is 2. The molecule has 2 bridgehead atoms. The van der Waals surface area contributed by atoms with Gasteiger partial charge in [0.25, 0.3) is 0 Å². The van der Waals surface area contributed by atoms with Gasteiger partial charge in [0.1, 0.15) is 6.29 Å². The van der Waals surface area contributed by atoms with Gasteiger partial charge in [0.2, 0.25) is 0 Å². The normalized spacial score (nSPS) is 33.1. The maximum absolute atomic E-state index is 10.7. The summed E-state index contributed by atoms with van der Waals surface area (Å²) in [5.41, 5.74) is 0. The van der Waals surface area contributed by atoms with E-state index in [1.165, 1.54) is 0 Å². The van der Waals surface area contributed by atoms with Gasteiger partial charge in [-0.05, 0) is 43.9 Å². The van der Waals surface area contributed by atoms with Gasteiger partial charge in [0.15, 0.2) is 0 Å². The molecule has 0 unspecified atom stereocenters. The molecule has 0 aromatic heterocycles. The topological polar surface area (TPSA) is 63.6 Å². The monoisotopic (exact) mass is 266 g/mol. The molecule has 0 aromatic carbocycles. The van der Waals surface area contributed by atoms with Gasteiger partial charge in [0.05, 0.1) is 12.2 Å². The summed E-state index contributed by atoms with van der Waals surface area (Å²) >= 11 is 0. The molecule has 2 heterocycles. The number of hydrogen-bond acceptors (Lipinski definition) is 3. The van der Waals surface area contributed by atoms with Crippen molar-refractivity contribution in [3.63, 3.8) is 0 Å². The van der Waals surface area contributed by atoms with Crippen molar-refractivity contribution in [3.8, 4) is 0 Å². The first-order valence-corrected chi connectivity index (χ1v) is 7.18. The Morgan fingerprint density at radius 3 is 2.47 bits per heavy atom. The second kappa shape index (κ2) is 6.85. The number of carboxylic acids is 1. The van der Waals surface area contributed by atoms with E-state index in [1.54, 1.807) is 0 Å². The van der Waals surface area contributed by atoms with Gasteiger partial charge in [-0.25, -0.2) is 0 Å². The van der Waals surface area contributed by atoms with E-state index in [9.17, 15) is 9.59 Å². The Labute approximate surface area is 113 Å². The largest absolute Gasteiger partial charge is 0.481 e. The van der Waals surface area contributed by atoms with E-state index in [0.717, 1.165) is 32.0 Å². The van der Waals surface area contributed by atoms with Gasteiger partial charge in [-0.15, -0.1) is 0 Å². The molecule has 0 aliphatic carbocycles. The molecule has 0 amide bonds. The average Bonchev–Trinajstić information content (AvgIpc) is 2.95. The second-order valence-electron chi connectivity index (χ2n) is 5.51. The van der Waals surface area contributed by atoms with Crippen LogP contribution in [0.2, 0.25) is 0 Å². The van der Waals surface area contributed by atoms with Gasteiger partial charge in [-0.2, -0.15) is 0 Å². The van der Waals surface area contributed by atoms with Crippen molar-refractivity contribution < 1.29 is 19.4 Å². The van der Waals surface area contributed by atoms with Crippen LogP contribution in [0.3, 0.4) is 0 Å². The van der Waals surface area contributed by atoms with Crippen molar-refractivity contribution in [1.82, 2.24) is 0 Å². The molecule has 2 aliphatic heterocycles. The van der Waals surface area contributed by atoms with Gasteiger partial charge in [0, 0.05) is 12.8 Å². The molecule has 4 heteroatoms. The van der Waals surface area contributed by atoms with Crippen molar-refractivity contribution >= 4 is 12.3 Å². The zero-order valence-electron chi connectivity index (χ0n) is 11.2. The molecule has 2 saturated heterocycles. The highest BCUT2D eigenvalue weighted by atomic mass is 16.5. The summed E-state index contributed by atoms with van der Waals surface area (Å²) < 4.78 is 5.89. The van der Waals surface area contributed by atoms with Crippen molar-refractivity contribution in [3.05, 3.63) is 12.2 Å². The molecule has 2 rings (SSSR count). The number of carbonyl (C=O) groups excluding carboxylic acids is 1. The number of rotatable bonds is 8. The maximum atomic E-state index is 10.7. The fraction of sp³-hybridized carbons (Fsp3) is 0.733. The van der Waals surface area contributed by atoms with Crippen LogP contribution in [0, 0.1) is 11.8 Å². The van der Waals surface area contributed by atoms with Crippen molar-refractivity contribution in [2.75, 3.05) is 0 Å². The maximum Gasteiger partial charge on any atom is 0.303 e. The third-order valence-corrected chi connectivity index (χ3v) is 4.30.